The third-order valence-electron chi connectivity index (χ3n) is 5.92. The van der Waals surface area contributed by atoms with Gasteiger partial charge in [0.05, 0.1) is 12.2 Å². The molecule has 4 saturated carbocycles. The van der Waals surface area contributed by atoms with Gasteiger partial charge in [-0.3, -0.25) is 0 Å². The number of aliphatic hydroxyl groups is 2. The lowest BCUT2D eigenvalue weighted by Crippen LogP contribution is -2.58. The van der Waals surface area contributed by atoms with Gasteiger partial charge in [-0.1, -0.05) is 0 Å². The van der Waals surface area contributed by atoms with E-state index >= 15 is 0 Å². The van der Waals surface area contributed by atoms with Crippen LogP contribution in [0.2, 0.25) is 0 Å². The molecule has 0 radical (unpaired) electrons. The lowest BCUT2D eigenvalue weighted by molar-refractivity contribution is -0.185. The predicted molar refractivity (Wildman–Crippen MR) is 62.9 cm³/mol. The quantitative estimate of drug-likeness (QED) is 0.756. The van der Waals surface area contributed by atoms with E-state index in [0.717, 1.165) is 18.3 Å². The molecule has 0 aromatic heterocycles. The Kier molecular flexibility index (Phi) is 2.23. The Morgan fingerprint density at radius 2 is 1.25 bits per heavy atom. The average Bonchev–Trinajstić information content (AvgIpc) is 2.14. The largest absolute Gasteiger partial charge is 0.393 e. The molecule has 2 atom stereocenters. The number of aliphatic hydroxyl groups excluding tert-OH is 2. The minimum Gasteiger partial charge on any atom is -0.393 e. The van der Waals surface area contributed by atoms with Gasteiger partial charge >= 0.3 is 0 Å². The summed E-state index contributed by atoms with van der Waals surface area (Å²) in [6.07, 6.45) is 6.83. The molecule has 2 N–H and O–H groups in total. The Hall–Kier alpha value is -0.0800. The van der Waals surface area contributed by atoms with Crippen LogP contribution in [0.1, 0.15) is 52.4 Å². The van der Waals surface area contributed by atoms with Gasteiger partial charge < -0.3 is 10.2 Å². The normalized spacial score (nSPS) is 54.0. The summed E-state index contributed by atoms with van der Waals surface area (Å²) in [5.41, 5.74) is 0.280. The maximum Gasteiger partial charge on any atom is 0.0568 e. The van der Waals surface area contributed by atoms with E-state index in [0.29, 0.717) is 0 Å². The first kappa shape index (κ1) is 11.0. The number of hydrogen-bond donors (Lipinski definition) is 2. The first-order valence-electron chi connectivity index (χ1n) is 6.82. The third-order valence-corrected chi connectivity index (χ3v) is 5.92. The van der Waals surface area contributed by atoms with Crippen molar-refractivity contribution in [2.45, 2.75) is 64.6 Å². The molecule has 4 aliphatic carbocycles. The standard InChI is InChI=1S/C14H24O2/c1-9(15)13-4-11-3-12(5-13)7-14(6-11,8-13)10(2)16/h9-12,15-16H,3-8H2,1-2H3. The molecule has 0 heterocycles. The molecule has 0 aliphatic heterocycles. The molecule has 2 heteroatoms. The Bertz CT molecular complexity index is 255. The topological polar surface area (TPSA) is 40.5 Å². The molecular formula is C14H24O2. The minimum absolute atomic E-state index is 0.140. The van der Waals surface area contributed by atoms with E-state index in [1.54, 1.807) is 0 Å². The fourth-order valence-corrected chi connectivity index (χ4v) is 5.38. The van der Waals surface area contributed by atoms with Crippen molar-refractivity contribution in [3.63, 3.8) is 0 Å². The summed E-state index contributed by atoms with van der Waals surface area (Å²) >= 11 is 0. The molecule has 0 aromatic rings. The fourth-order valence-electron chi connectivity index (χ4n) is 5.38. The van der Waals surface area contributed by atoms with Gasteiger partial charge in [-0.05, 0) is 75.0 Å². The van der Waals surface area contributed by atoms with Gasteiger partial charge in [-0.2, -0.15) is 0 Å². The molecule has 0 saturated heterocycles. The molecule has 0 amide bonds. The Balaban J connectivity index is 1.97. The van der Waals surface area contributed by atoms with Crippen molar-refractivity contribution < 1.29 is 10.2 Å². The molecule has 92 valence electrons. The summed E-state index contributed by atoms with van der Waals surface area (Å²) < 4.78 is 0. The summed E-state index contributed by atoms with van der Waals surface area (Å²) in [5.74, 6) is 1.54. The molecule has 4 fully saturated rings. The molecule has 0 aromatic carbocycles. The van der Waals surface area contributed by atoms with Crippen LogP contribution in [0.4, 0.5) is 0 Å². The Morgan fingerprint density at radius 1 is 0.875 bits per heavy atom. The van der Waals surface area contributed by atoms with Crippen LogP contribution in [0.25, 0.3) is 0 Å². The van der Waals surface area contributed by atoms with E-state index in [1.807, 2.05) is 13.8 Å². The van der Waals surface area contributed by atoms with E-state index in [9.17, 15) is 10.2 Å². The van der Waals surface area contributed by atoms with Gasteiger partial charge in [0.2, 0.25) is 0 Å². The van der Waals surface area contributed by atoms with Gasteiger partial charge in [-0.15, -0.1) is 0 Å². The van der Waals surface area contributed by atoms with Crippen molar-refractivity contribution in [2.24, 2.45) is 22.7 Å². The van der Waals surface area contributed by atoms with E-state index in [4.69, 9.17) is 0 Å². The van der Waals surface area contributed by atoms with Crippen molar-refractivity contribution in [3.8, 4) is 0 Å². The van der Waals surface area contributed by atoms with E-state index in [2.05, 4.69) is 0 Å². The second-order valence-corrected chi connectivity index (χ2v) is 7.04. The summed E-state index contributed by atoms with van der Waals surface area (Å²) in [7, 11) is 0. The second-order valence-electron chi connectivity index (χ2n) is 7.04. The maximum atomic E-state index is 10.1. The van der Waals surface area contributed by atoms with Crippen molar-refractivity contribution in [3.05, 3.63) is 0 Å². The highest BCUT2D eigenvalue weighted by Crippen LogP contribution is 2.67. The molecular weight excluding hydrogens is 200 g/mol. The Labute approximate surface area is 98.1 Å². The molecule has 2 nitrogen and oxygen atoms in total. The van der Waals surface area contributed by atoms with Crippen molar-refractivity contribution in [1.29, 1.82) is 0 Å². The van der Waals surface area contributed by atoms with Crippen LogP contribution in [0, 0.1) is 22.7 Å². The van der Waals surface area contributed by atoms with Gasteiger partial charge in [-0.25, -0.2) is 0 Å². The van der Waals surface area contributed by atoms with Crippen LogP contribution in [0.15, 0.2) is 0 Å². The maximum absolute atomic E-state index is 10.1. The minimum atomic E-state index is -0.198. The highest BCUT2D eigenvalue weighted by atomic mass is 16.3. The van der Waals surface area contributed by atoms with Crippen LogP contribution in [-0.4, -0.2) is 22.4 Å². The smallest absolute Gasteiger partial charge is 0.0568 e. The lowest BCUT2D eigenvalue weighted by Gasteiger charge is -2.64. The summed E-state index contributed by atoms with van der Waals surface area (Å²) in [6.45, 7) is 3.92. The summed E-state index contributed by atoms with van der Waals surface area (Å²) in [5, 5.41) is 20.3. The summed E-state index contributed by atoms with van der Waals surface area (Å²) in [4.78, 5) is 0. The van der Waals surface area contributed by atoms with Crippen LogP contribution < -0.4 is 0 Å². The first-order chi connectivity index (χ1) is 7.46. The number of rotatable bonds is 2. The van der Waals surface area contributed by atoms with Gasteiger partial charge in [0.25, 0.3) is 0 Å². The fraction of sp³-hybridized carbons (Fsp3) is 1.00. The average molecular weight is 224 g/mol. The van der Waals surface area contributed by atoms with Crippen molar-refractivity contribution in [1.82, 2.24) is 0 Å². The zero-order valence-electron chi connectivity index (χ0n) is 10.4. The highest BCUT2D eigenvalue weighted by Gasteiger charge is 2.60. The first-order valence-corrected chi connectivity index (χ1v) is 6.82. The zero-order valence-corrected chi connectivity index (χ0v) is 10.4. The Morgan fingerprint density at radius 3 is 1.56 bits per heavy atom. The van der Waals surface area contributed by atoms with Gasteiger partial charge in [0.1, 0.15) is 0 Å². The molecule has 2 unspecified atom stereocenters. The van der Waals surface area contributed by atoms with Crippen LogP contribution >= 0.6 is 0 Å². The zero-order chi connectivity index (χ0) is 11.6. The summed E-state index contributed by atoms with van der Waals surface area (Å²) in [6, 6.07) is 0. The second kappa shape index (κ2) is 3.23. The monoisotopic (exact) mass is 224 g/mol. The van der Waals surface area contributed by atoms with E-state index < -0.39 is 0 Å². The van der Waals surface area contributed by atoms with Gasteiger partial charge in [0.15, 0.2) is 0 Å². The van der Waals surface area contributed by atoms with Crippen molar-refractivity contribution >= 4 is 0 Å². The molecule has 0 spiro atoms. The number of hydrogen-bond acceptors (Lipinski definition) is 2. The predicted octanol–water partition coefficient (Wildman–Crippen LogP) is 2.33. The molecule has 4 rings (SSSR count). The molecule has 4 aliphatic rings. The van der Waals surface area contributed by atoms with Crippen LogP contribution in [0.5, 0.6) is 0 Å². The third kappa shape index (κ3) is 1.32. The van der Waals surface area contributed by atoms with E-state index in [1.165, 1.54) is 32.1 Å². The van der Waals surface area contributed by atoms with Crippen molar-refractivity contribution in [2.75, 3.05) is 0 Å². The van der Waals surface area contributed by atoms with E-state index in [-0.39, 0.29) is 23.0 Å². The van der Waals surface area contributed by atoms with Gasteiger partial charge in [0, 0.05) is 0 Å². The molecule has 16 heavy (non-hydrogen) atoms. The molecule has 4 bridgehead atoms. The lowest BCUT2D eigenvalue weighted by atomic mass is 9.42. The van der Waals surface area contributed by atoms with Crippen LogP contribution in [0.3, 0.4) is 0 Å². The van der Waals surface area contributed by atoms with Crippen LogP contribution in [-0.2, 0) is 0 Å². The SMILES string of the molecule is CC(O)C12CC3CC(C1)CC(C(C)O)(C3)C2. The highest BCUT2D eigenvalue weighted by molar-refractivity contribution is 5.10.